The topological polar surface area (TPSA) is 66.9 Å². The Balaban J connectivity index is 1.76. The normalized spacial score (nSPS) is 14.8. The standard InChI is InChI=1S/C21H26N2O4S/c1-22(18-8-4-3-5-9-18)21(24)13-10-17-16-19(11-12-20(17)27-2)28(25,26)23-14-6-7-15-23/h3-5,8-9,11-12,16H,6-7,10,13-15H2,1-2H3. The summed E-state index contributed by atoms with van der Waals surface area (Å²) < 4.78 is 32.6. The van der Waals surface area contributed by atoms with Gasteiger partial charge in [-0.2, -0.15) is 4.31 Å². The summed E-state index contributed by atoms with van der Waals surface area (Å²) in [4.78, 5) is 14.4. The average molecular weight is 403 g/mol. The van der Waals surface area contributed by atoms with E-state index in [1.165, 1.54) is 4.31 Å². The first kappa shape index (κ1) is 20.4. The average Bonchev–Trinajstić information content (AvgIpc) is 3.27. The summed E-state index contributed by atoms with van der Waals surface area (Å²) in [6.07, 6.45) is 2.45. The number of benzene rings is 2. The lowest BCUT2D eigenvalue weighted by atomic mass is 10.1. The molecule has 0 radical (unpaired) electrons. The lowest BCUT2D eigenvalue weighted by Crippen LogP contribution is -2.28. The molecule has 0 saturated carbocycles. The lowest BCUT2D eigenvalue weighted by Gasteiger charge is -2.19. The maximum Gasteiger partial charge on any atom is 0.243 e. The van der Waals surface area contributed by atoms with Crippen LogP contribution >= 0.6 is 0 Å². The molecular weight excluding hydrogens is 376 g/mol. The van der Waals surface area contributed by atoms with Gasteiger partial charge in [-0.15, -0.1) is 0 Å². The van der Waals surface area contributed by atoms with Crippen LogP contribution in [0.4, 0.5) is 5.69 Å². The number of rotatable bonds is 7. The number of anilines is 1. The molecule has 1 aliphatic heterocycles. The Morgan fingerprint density at radius 1 is 1.11 bits per heavy atom. The summed E-state index contributed by atoms with van der Waals surface area (Å²) in [6, 6.07) is 14.3. The molecule has 0 unspecified atom stereocenters. The summed E-state index contributed by atoms with van der Waals surface area (Å²) in [5, 5.41) is 0. The minimum absolute atomic E-state index is 0.0407. The molecule has 28 heavy (non-hydrogen) atoms. The fraction of sp³-hybridized carbons (Fsp3) is 0.381. The lowest BCUT2D eigenvalue weighted by molar-refractivity contribution is -0.118. The highest BCUT2D eigenvalue weighted by molar-refractivity contribution is 7.89. The van der Waals surface area contributed by atoms with Crippen LogP contribution in [0.15, 0.2) is 53.4 Å². The van der Waals surface area contributed by atoms with Gasteiger partial charge in [0.1, 0.15) is 5.75 Å². The van der Waals surface area contributed by atoms with Crippen molar-refractivity contribution < 1.29 is 17.9 Å². The molecule has 0 atom stereocenters. The quantitative estimate of drug-likeness (QED) is 0.714. The first-order valence-electron chi connectivity index (χ1n) is 9.42. The smallest absolute Gasteiger partial charge is 0.243 e. The number of amides is 1. The Morgan fingerprint density at radius 2 is 1.79 bits per heavy atom. The fourth-order valence-corrected chi connectivity index (χ4v) is 4.96. The van der Waals surface area contributed by atoms with E-state index < -0.39 is 10.0 Å². The summed E-state index contributed by atoms with van der Waals surface area (Å²) in [6.45, 7) is 1.12. The zero-order chi connectivity index (χ0) is 20.1. The highest BCUT2D eigenvalue weighted by Gasteiger charge is 2.28. The van der Waals surface area contributed by atoms with Crippen LogP contribution in [0, 0.1) is 0 Å². The van der Waals surface area contributed by atoms with Crippen molar-refractivity contribution >= 4 is 21.6 Å². The van der Waals surface area contributed by atoms with E-state index in [0.717, 1.165) is 24.1 Å². The van der Waals surface area contributed by atoms with E-state index in [-0.39, 0.29) is 17.2 Å². The van der Waals surface area contributed by atoms with E-state index in [0.29, 0.717) is 25.3 Å². The van der Waals surface area contributed by atoms with Gasteiger partial charge in [-0.3, -0.25) is 4.79 Å². The zero-order valence-electron chi connectivity index (χ0n) is 16.3. The van der Waals surface area contributed by atoms with Gasteiger partial charge in [-0.05, 0) is 55.2 Å². The van der Waals surface area contributed by atoms with E-state index in [4.69, 9.17) is 4.74 Å². The second-order valence-electron chi connectivity index (χ2n) is 6.87. The molecule has 150 valence electrons. The zero-order valence-corrected chi connectivity index (χ0v) is 17.1. The van der Waals surface area contributed by atoms with Crippen molar-refractivity contribution in [2.24, 2.45) is 0 Å². The van der Waals surface area contributed by atoms with Gasteiger partial charge >= 0.3 is 0 Å². The van der Waals surface area contributed by atoms with Crippen LogP contribution in [0.1, 0.15) is 24.8 Å². The van der Waals surface area contributed by atoms with Crippen LogP contribution in [0.5, 0.6) is 5.75 Å². The molecule has 1 aliphatic rings. The second kappa shape index (κ2) is 8.75. The van der Waals surface area contributed by atoms with Gasteiger partial charge in [0.2, 0.25) is 15.9 Å². The molecule has 0 spiro atoms. The van der Waals surface area contributed by atoms with Gasteiger partial charge in [0, 0.05) is 32.2 Å². The minimum Gasteiger partial charge on any atom is -0.496 e. The van der Waals surface area contributed by atoms with E-state index in [2.05, 4.69) is 0 Å². The molecule has 1 heterocycles. The molecule has 3 rings (SSSR count). The van der Waals surface area contributed by atoms with Crippen LogP contribution in [-0.2, 0) is 21.2 Å². The first-order chi connectivity index (χ1) is 13.4. The second-order valence-corrected chi connectivity index (χ2v) is 8.81. The molecule has 2 aromatic carbocycles. The van der Waals surface area contributed by atoms with Crippen LogP contribution in [0.2, 0.25) is 0 Å². The Labute approximate surface area is 166 Å². The van der Waals surface area contributed by atoms with Crippen molar-refractivity contribution in [1.29, 1.82) is 0 Å². The highest BCUT2D eigenvalue weighted by Crippen LogP contribution is 2.27. The van der Waals surface area contributed by atoms with Gasteiger partial charge in [0.05, 0.1) is 12.0 Å². The van der Waals surface area contributed by atoms with Gasteiger partial charge in [-0.25, -0.2) is 8.42 Å². The van der Waals surface area contributed by atoms with E-state index in [9.17, 15) is 13.2 Å². The summed E-state index contributed by atoms with van der Waals surface area (Å²) in [5.41, 5.74) is 1.54. The molecule has 0 N–H and O–H groups in total. The predicted octanol–water partition coefficient (Wildman–Crippen LogP) is 3.08. The van der Waals surface area contributed by atoms with E-state index >= 15 is 0 Å². The van der Waals surface area contributed by atoms with E-state index in [1.807, 2.05) is 30.3 Å². The third-order valence-corrected chi connectivity index (χ3v) is 6.98. The molecule has 1 saturated heterocycles. The number of nitrogens with zero attached hydrogens (tertiary/aromatic N) is 2. The van der Waals surface area contributed by atoms with Crippen molar-refractivity contribution in [2.45, 2.75) is 30.6 Å². The van der Waals surface area contributed by atoms with Crippen LogP contribution < -0.4 is 9.64 Å². The Kier molecular flexibility index (Phi) is 6.36. The van der Waals surface area contributed by atoms with Crippen LogP contribution in [0.25, 0.3) is 0 Å². The molecule has 0 aliphatic carbocycles. The maximum absolute atomic E-state index is 12.8. The Bertz CT molecular complexity index is 923. The minimum atomic E-state index is -3.50. The number of sulfonamides is 1. The monoisotopic (exact) mass is 402 g/mol. The van der Waals surface area contributed by atoms with Gasteiger partial charge in [-0.1, -0.05) is 18.2 Å². The number of ether oxygens (including phenoxy) is 1. The summed E-state index contributed by atoms with van der Waals surface area (Å²) >= 11 is 0. The number of aryl methyl sites for hydroxylation is 1. The molecule has 2 aromatic rings. The molecule has 1 fully saturated rings. The number of carbonyl (C=O) groups is 1. The van der Waals surface area contributed by atoms with Gasteiger partial charge < -0.3 is 9.64 Å². The predicted molar refractivity (Wildman–Crippen MR) is 109 cm³/mol. The highest BCUT2D eigenvalue weighted by atomic mass is 32.2. The Hall–Kier alpha value is -2.38. The largest absolute Gasteiger partial charge is 0.496 e. The van der Waals surface area contributed by atoms with Crippen molar-refractivity contribution in [3.05, 3.63) is 54.1 Å². The molecule has 0 bridgehead atoms. The molecular formula is C21H26N2O4S. The summed E-state index contributed by atoms with van der Waals surface area (Å²) in [5.74, 6) is 0.552. The third-order valence-electron chi connectivity index (χ3n) is 5.08. The fourth-order valence-electron chi connectivity index (χ4n) is 3.39. The Morgan fingerprint density at radius 3 is 2.43 bits per heavy atom. The maximum atomic E-state index is 12.8. The first-order valence-corrected chi connectivity index (χ1v) is 10.9. The van der Waals surface area contributed by atoms with Crippen molar-refractivity contribution in [1.82, 2.24) is 4.31 Å². The number of methoxy groups -OCH3 is 1. The third kappa shape index (κ3) is 4.36. The van der Waals surface area contributed by atoms with E-state index in [1.54, 1.807) is 37.3 Å². The van der Waals surface area contributed by atoms with Gasteiger partial charge in [0.15, 0.2) is 0 Å². The van der Waals surface area contributed by atoms with Crippen molar-refractivity contribution in [2.75, 3.05) is 32.1 Å². The van der Waals surface area contributed by atoms with Crippen LogP contribution in [0.3, 0.4) is 0 Å². The molecule has 1 amide bonds. The molecule has 7 heteroatoms. The van der Waals surface area contributed by atoms with Crippen molar-refractivity contribution in [3.63, 3.8) is 0 Å². The number of carbonyl (C=O) groups excluding carboxylic acids is 1. The number of hydrogen-bond donors (Lipinski definition) is 0. The number of hydrogen-bond acceptors (Lipinski definition) is 4. The molecule has 6 nitrogen and oxygen atoms in total. The molecule has 0 aromatic heterocycles. The van der Waals surface area contributed by atoms with Gasteiger partial charge in [0.25, 0.3) is 0 Å². The summed E-state index contributed by atoms with van der Waals surface area (Å²) in [7, 11) is -0.215. The number of para-hydroxylation sites is 1. The van der Waals surface area contributed by atoms with Crippen molar-refractivity contribution in [3.8, 4) is 5.75 Å². The van der Waals surface area contributed by atoms with Crippen LogP contribution in [-0.4, -0.2) is 45.9 Å². The SMILES string of the molecule is COc1ccc(S(=O)(=O)N2CCCC2)cc1CCC(=O)N(C)c1ccccc1.